The van der Waals surface area contributed by atoms with Gasteiger partial charge in [0.1, 0.15) is 77.8 Å². The topological polar surface area (TPSA) is 605 Å². The third kappa shape index (κ3) is 29.9. The molecule has 5 heterocycles. The minimum absolute atomic E-state index is 0.00117. The molecule has 0 spiro atoms. The van der Waals surface area contributed by atoms with E-state index in [0.717, 1.165) is 32.4 Å². The molecule has 2 aromatic heterocycles. The Morgan fingerprint density at radius 3 is 1.89 bits per heavy atom. The standard InChI is InChI=1S/C66H103N17O16S.C17H18FN3O3/c1-9-35(6)52(69)66-81-48(32-100-66)63(97)76-43(26-34(4)5)59(93)74-42(22-23-50(85)86)58(92)83-53(36(7)10-2)64(98)75-40-20-15-16-25-71-55(89)46(29-49(68)84)78-62(96)47(30-51(87)88)79-61(95)45(28-39-31-70-33-72-39)77-60(94)44(27-38-18-13-12-14-19-38)80-65(99)54(37(8)11-3)82-57(91)41(21-17-24-67)73-56(40)90;18-13-7-11-14(8-15(13)20-5-3-19-4-6-20)21(10-1-2-10)9-12(16(11)22)17(23)24/h12-14,18-19,31,33-37,40-48,52-54H,9-11,15-17,20-30,32,67,69H2,1-8H3,(H2,68,84)(H,70,72)(H,71,89)(H,73,90)(H,74,93)(H,75,98)(H,76,97)(H,77,94)(H,78,96)(H,79,95)(H,80,99)(H,82,91)(H,83,92)(H,85,86)(H,87,88);7-10,19H,1-6H2,(H,23,24)/t35-,36-,37-,40+,41+,42+,43-,44+,45-,46-,47+,48-,52-,53-,54-;/m0./s1. The summed E-state index contributed by atoms with van der Waals surface area (Å²) in [4.78, 5) is 232. The molecule has 1 aliphatic carbocycles. The minimum atomic E-state index is -1.94. The van der Waals surface area contributed by atoms with Crippen LogP contribution in [0.15, 0.2) is 71.0 Å². The van der Waals surface area contributed by atoms with Crippen molar-refractivity contribution in [1.82, 2.24) is 78.3 Å². The zero-order valence-electron chi connectivity index (χ0n) is 71.2. The second-order valence-corrected chi connectivity index (χ2v) is 33.4. The summed E-state index contributed by atoms with van der Waals surface area (Å²) in [6.45, 7) is 17.1. The van der Waals surface area contributed by atoms with Crippen molar-refractivity contribution in [3.8, 4) is 0 Å². The number of piperazine rings is 1. The lowest BCUT2D eigenvalue weighted by atomic mass is 9.96. The summed E-state index contributed by atoms with van der Waals surface area (Å²) in [6, 6.07) is -5.26. The lowest BCUT2D eigenvalue weighted by Crippen LogP contribution is -2.62. The Morgan fingerprint density at radius 1 is 0.669 bits per heavy atom. The minimum Gasteiger partial charge on any atom is -0.481 e. The fourth-order valence-electron chi connectivity index (χ4n) is 14.2. The molecular weight excluding hydrogens is 1630 g/mol. The average Bonchev–Trinajstić information content (AvgIpc) is 1.39. The van der Waals surface area contributed by atoms with Crippen molar-refractivity contribution in [1.29, 1.82) is 0 Å². The number of nitrogens with one attached hydrogen (secondary N) is 13. The molecule has 12 amide bonds. The number of hydrogen-bond donors (Lipinski definition) is 19. The number of carbonyl (C=O) groups excluding carboxylic acids is 12. The van der Waals surface area contributed by atoms with E-state index in [4.69, 9.17) is 17.2 Å². The molecule has 3 fully saturated rings. The maximum Gasteiger partial charge on any atom is 0.341 e. The smallest absolute Gasteiger partial charge is 0.341 e. The molecule has 41 heteroatoms. The number of aromatic nitrogens is 3. The summed E-state index contributed by atoms with van der Waals surface area (Å²) in [5, 5.41) is 61.7. The molecule has 1 saturated carbocycles. The Kier molecular flexibility index (Phi) is 39.0. The number of fused-ring (bicyclic) bond motifs is 1. The van der Waals surface area contributed by atoms with Crippen LogP contribution in [0.1, 0.15) is 179 Å². The molecule has 39 nitrogen and oxygen atoms in total. The van der Waals surface area contributed by atoms with E-state index in [2.05, 4.69) is 78.8 Å². The fourth-order valence-corrected chi connectivity index (χ4v) is 15.4. The van der Waals surface area contributed by atoms with Gasteiger partial charge in [-0.1, -0.05) is 105 Å². The van der Waals surface area contributed by atoms with Crippen molar-refractivity contribution in [2.45, 2.75) is 243 Å². The highest BCUT2D eigenvalue weighted by Crippen LogP contribution is 2.38. The second kappa shape index (κ2) is 48.6. The number of halogens is 1. The van der Waals surface area contributed by atoms with Crippen LogP contribution in [0.25, 0.3) is 10.9 Å². The van der Waals surface area contributed by atoms with E-state index in [9.17, 15) is 96.4 Å². The molecule has 22 N–H and O–H groups in total. The van der Waals surface area contributed by atoms with E-state index in [1.807, 2.05) is 37.2 Å². The van der Waals surface area contributed by atoms with Crippen molar-refractivity contribution >= 4 is 122 Å². The number of carboxylic acid groups (broad SMARTS) is 3. The summed E-state index contributed by atoms with van der Waals surface area (Å²) >= 11 is 1.35. The van der Waals surface area contributed by atoms with E-state index in [1.165, 1.54) is 36.5 Å². The van der Waals surface area contributed by atoms with E-state index in [-0.39, 0.29) is 112 Å². The number of aliphatic imine (C=N–C) groups is 1. The molecule has 2 aromatic carbocycles. The van der Waals surface area contributed by atoms with Crippen LogP contribution in [-0.4, -0.2) is 241 Å². The van der Waals surface area contributed by atoms with Gasteiger partial charge in [-0.2, -0.15) is 0 Å². The van der Waals surface area contributed by atoms with Gasteiger partial charge in [-0.3, -0.25) is 76.9 Å². The fraction of sp³-hybridized carbons (Fsp3) is 0.590. The summed E-state index contributed by atoms with van der Waals surface area (Å²) in [7, 11) is 0. The third-order valence-electron chi connectivity index (χ3n) is 22.2. The predicted molar refractivity (Wildman–Crippen MR) is 458 cm³/mol. The van der Waals surface area contributed by atoms with Gasteiger partial charge >= 0.3 is 17.9 Å². The third-order valence-corrected chi connectivity index (χ3v) is 23.4. The van der Waals surface area contributed by atoms with E-state index >= 15 is 0 Å². The summed E-state index contributed by atoms with van der Waals surface area (Å²) in [6.07, 6.45) is 3.66. The summed E-state index contributed by atoms with van der Waals surface area (Å²) in [5.41, 5.74) is 18.9. The van der Waals surface area contributed by atoms with Crippen LogP contribution < -0.4 is 91.3 Å². The van der Waals surface area contributed by atoms with Crippen LogP contribution in [0.5, 0.6) is 0 Å². The molecular formula is C83H121FN20O19S. The number of imidazole rings is 1. The van der Waals surface area contributed by atoms with Gasteiger partial charge in [-0.15, -0.1) is 11.8 Å². The number of rotatable bonds is 34. The number of anilines is 1. The molecule has 124 heavy (non-hydrogen) atoms. The highest BCUT2D eigenvalue weighted by Gasteiger charge is 2.41. The monoisotopic (exact) mass is 1750 g/mol. The zero-order chi connectivity index (χ0) is 91.2. The molecule has 0 radical (unpaired) electrons. The molecule has 680 valence electrons. The van der Waals surface area contributed by atoms with Gasteiger partial charge in [0, 0.05) is 87.3 Å². The molecule has 4 aliphatic rings. The van der Waals surface area contributed by atoms with Gasteiger partial charge in [-0.25, -0.2) is 14.2 Å². The SMILES string of the molecule is CC[C@H](C)[C@H](N)C1=N[C@H](C(=O)N[C@@H](CC(C)C)C(=O)N[C@H](CCC(=O)O)C(=O)N[C@H](C(=O)N[C@@H]2CCCCNC(=O)[C@H](CC(N)=O)NC(=O)[C@@H](CC(=O)O)NC(=O)[C@H](Cc3cnc[nH]3)NC(=O)[C@@H](Cc3ccccc3)NC(=O)[C@H]([C@@H](C)CC)NC(=O)[C@@H](CCCN)NC2=O)[C@@H](C)CC)CS1.O=C(O)c1cn(C2CC2)c2cc(N3CCNCC3)c(F)cc2c1=O. The number of carboxylic acids is 3. The first-order chi connectivity index (χ1) is 58.9. The number of benzene rings is 2. The van der Waals surface area contributed by atoms with Crippen molar-refractivity contribution < 1.29 is 91.6 Å². The largest absolute Gasteiger partial charge is 0.481 e. The maximum absolute atomic E-state index is 14.9. The quantitative estimate of drug-likeness (QED) is 0.0290. The Balaban J connectivity index is 0.000000741. The van der Waals surface area contributed by atoms with Gasteiger partial charge in [0.05, 0.1) is 41.5 Å². The Labute approximate surface area is 721 Å². The van der Waals surface area contributed by atoms with Crippen LogP contribution in [0, 0.1) is 29.5 Å². The van der Waals surface area contributed by atoms with Gasteiger partial charge in [-0.05, 0) is 106 Å². The average molecular weight is 1750 g/mol. The van der Waals surface area contributed by atoms with Crippen molar-refractivity contribution in [2.75, 3.05) is 49.9 Å². The first-order valence-electron chi connectivity index (χ1n) is 42.2. The van der Waals surface area contributed by atoms with Crippen LogP contribution in [-0.2, 0) is 80.0 Å². The van der Waals surface area contributed by atoms with Crippen LogP contribution in [0.2, 0.25) is 0 Å². The van der Waals surface area contributed by atoms with Crippen LogP contribution in [0.3, 0.4) is 0 Å². The Morgan fingerprint density at radius 2 is 1.29 bits per heavy atom. The van der Waals surface area contributed by atoms with Crippen LogP contribution >= 0.6 is 11.8 Å². The van der Waals surface area contributed by atoms with Crippen molar-refractivity contribution in [3.63, 3.8) is 0 Å². The maximum atomic E-state index is 14.9. The Bertz CT molecular complexity index is 4510. The highest BCUT2D eigenvalue weighted by atomic mass is 32.2. The number of nitrogens with zero attached hydrogens (tertiary/aromatic N) is 4. The number of aromatic carboxylic acids is 1. The summed E-state index contributed by atoms with van der Waals surface area (Å²) < 4.78 is 16.4. The molecule has 4 aromatic rings. The summed E-state index contributed by atoms with van der Waals surface area (Å²) in [5.74, 6) is -17.2. The normalized spacial score (nSPS) is 22.2. The molecule has 8 rings (SSSR count). The van der Waals surface area contributed by atoms with Crippen LogP contribution in [0.4, 0.5) is 10.1 Å². The molecule has 0 unspecified atom stereocenters. The second-order valence-electron chi connectivity index (χ2n) is 32.3. The van der Waals surface area contributed by atoms with Crippen molar-refractivity contribution in [2.24, 2.45) is 45.9 Å². The number of aliphatic carboxylic acids is 2. The lowest BCUT2D eigenvalue weighted by Gasteiger charge is -2.30. The lowest BCUT2D eigenvalue weighted by molar-refractivity contribution is -0.142. The number of primary amides is 1. The van der Waals surface area contributed by atoms with E-state index in [0.29, 0.717) is 40.6 Å². The predicted octanol–water partition coefficient (Wildman–Crippen LogP) is -0.0943. The Hall–Kier alpha value is -11.5. The van der Waals surface area contributed by atoms with Gasteiger partial charge in [0.2, 0.25) is 76.3 Å². The molecule has 0 bridgehead atoms. The highest BCUT2D eigenvalue weighted by molar-refractivity contribution is 8.14. The van der Waals surface area contributed by atoms with Gasteiger partial charge < -0.3 is 111 Å². The van der Waals surface area contributed by atoms with Crippen molar-refractivity contribution in [3.05, 3.63) is 94.0 Å². The molecule has 2 saturated heterocycles. The van der Waals surface area contributed by atoms with E-state index in [1.54, 1.807) is 64.1 Å². The van der Waals surface area contributed by atoms with Gasteiger partial charge in [0.15, 0.2) is 0 Å². The number of pyridine rings is 1. The van der Waals surface area contributed by atoms with Gasteiger partial charge in [0.25, 0.3) is 0 Å². The number of amides is 12. The number of H-pyrrole nitrogens is 1. The number of carbonyl (C=O) groups is 15. The number of aromatic amines is 1. The number of nitrogens with two attached hydrogens (primary N) is 3. The number of hydrogen-bond acceptors (Lipinski definition) is 23. The molecule has 3 aliphatic heterocycles. The zero-order valence-corrected chi connectivity index (χ0v) is 72.1. The van der Waals surface area contributed by atoms with E-state index < -0.39 is 210 Å². The molecule has 15 atom stereocenters. The first-order valence-corrected chi connectivity index (χ1v) is 43.2. The first kappa shape index (κ1) is 99.6. The number of thioether (sulfide) groups is 1.